The van der Waals surface area contributed by atoms with Gasteiger partial charge >= 0.3 is 5.97 Å². The second kappa shape index (κ2) is 10.7. The van der Waals surface area contributed by atoms with E-state index in [0.717, 1.165) is 38.2 Å². The topological polar surface area (TPSA) is 131 Å². The number of nitrogens with two attached hydrogens (primary N) is 1. The summed E-state index contributed by atoms with van der Waals surface area (Å²) in [5, 5.41) is 9.45. The molecule has 1 aliphatic carbocycles. The lowest BCUT2D eigenvalue weighted by molar-refractivity contribution is 0.0694. The molecule has 1 saturated carbocycles. The minimum absolute atomic E-state index is 0.0105. The zero-order chi connectivity index (χ0) is 26.9. The van der Waals surface area contributed by atoms with E-state index in [2.05, 4.69) is 4.72 Å². The van der Waals surface area contributed by atoms with Crippen LogP contribution in [0.15, 0.2) is 40.2 Å². The van der Waals surface area contributed by atoms with Crippen molar-refractivity contribution >= 4 is 26.9 Å². The largest absolute Gasteiger partial charge is 0.477 e. The number of carboxylic acid groups (broad SMARTS) is 1. The predicted octanol–water partition coefficient (Wildman–Crippen LogP) is 4.25. The fourth-order valence-electron chi connectivity index (χ4n) is 4.83. The molecule has 37 heavy (non-hydrogen) atoms. The SMILES string of the molecule is Cc1cc(-c2cc3c(cc2F)c(=O)c(C(=O)O)cn3C2CC2)cc(C)c1S(=O)(=O)NCCCCCCN. The van der Waals surface area contributed by atoms with E-state index in [4.69, 9.17) is 5.73 Å². The van der Waals surface area contributed by atoms with Gasteiger partial charge in [-0.3, -0.25) is 4.79 Å². The molecule has 0 saturated heterocycles. The lowest BCUT2D eigenvalue weighted by Gasteiger charge is -2.16. The van der Waals surface area contributed by atoms with Crippen molar-refractivity contribution in [3.05, 3.63) is 63.2 Å². The van der Waals surface area contributed by atoms with Crippen LogP contribution in [0.1, 0.15) is 66.1 Å². The van der Waals surface area contributed by atoms with Crippen LogP contribution in [0.4, 0.5) is 4.39 Å². The Bertz CT molecular complexity index is 1500. The van der Waals surface area contributed by atoms with E-state index < -0.39 is 27.2 Å². The van der Waals surface area contributed by atoms with Crippen LogP contribution in [0.3, 0.4) is 0 Å². The molecule has 0 radical (unpaired) electrons. The molecule has 4 rings (SSSR count). The van der Waals surface area contributed by atoms with Crippen molar-refractivity contribution in [3.8, 4) is 11.1 Å². The van der Waals surface area contributed by atoms with Gasteiger partial charge in [0.15, 0.2) is 0 Å². The van der Waals surface area contributed by atoms with E-state index in [1.54, 1.807) is 36.6 Å². The van der Waals surface area contributed by atoms with Gasteiger partial charge in [-0.1, -0.05) is 12.8 Å². The molecular weight excluding hydrogens is 497 g/mol. The first-order valence-electron chi connectivity index (χ1n) is 12.5. The van der Waals surface area contributed by atoms with E-state index in [0.29, 0.717) is 41.7 Å². The molecule has 1 aromatic heterocycles. The number of sulfonamides is 1. The van der Waals surface area contributed by atoms with Crippen molar-refractivity contribution < 1.29 is 22.7 Å². The van der Waals surface area contributed by atoms with Gasteiger partial charge < -0.3 is 15.4 Å². The smallest absolute Gasteiger partial charge is 0.341 e. The third-order valence-corrected chi connectivity index (χ3v) is 8.52. The quantitative estimate of drug-likeness (QED) is 0.318. The number of nitrogens with one attached hydrogen (secondary N) is 1. The average molecular weight is 530 g/mol. The molecule has 0 unspecified atom stereocenters. The number of halogens is 1. The maximum atomic E-state index is 15.3. The predicted molar refractivity (Wildman–Crippen MR) is 141 cm³/mol. The molecule has 10 heteroatoms. The van der Waals surface area contributed by atoms with Crippen LogP contribution in [0.25, 0.3) is 22.0 Å². The summed E-state index contributed by atoms with van der Waals surface area (Å²) in [6.07, 6.45) is 6.48. The normalized spacial score (nSPS) is 13.8. The van der Waals surface area contributed by atoms with Crippen molar-refractivity contribution in [1.29, 1.82) is 0 Å². The number of nitrogens with zero attached hydrogens (tertiary/aromatic N) is 1. The summed E-state index contributed by atoms with van der Waals surface area (Å²) < 4.78 is 45.7. The van der Waals surface area contributed by atoms with Crippen LogP contribution in [0, 0.1) is 19.7 Å². The van der Waals surface area contributed by atoms with Gasteiger partial charge in [-0.2, -0.15) is 0 Å². The molecule has 0 bridgehead atoms. The van der Waals surface area contributed by atoms with E-state index in [1.165, 1.54) is 6.20 Å². The summed E-state index contributed by atoms with van der Waals surface area (Å²) in [5.74, 6) is -2.03. The molecule has 198 valence electrons. The Labute approximate surface area is 215 Å². The number of hydrogen-bond donors (Lipinski definition) is 3. The fraction of sp³-hybridized carbons (Fsp3) is 0.407. The number of aryl methyl sites for hydroxylation is 2. The maximum Gasteiger partial charge on any atom is 0.341 e. The number of carboxylic acids is 1. The lowest BCUT2D eigenvalue weighted by atomic mass is 9.98. The number of fused-ring (bicyclic) bond motifs is 1. The van der Waals surface area contributed by atoms with E-state index >= 15 is 4.39 Å². The Morgan fingerprint density at radius 3 is 2.35 bits per heavy atom. The van der Waals surface area contributed by atoms with Gasteiger partial charge in [0, 0.05) is 29.7 Å². The van der Waals surface area contributed by atoms with Crippen molar-refractivity contribution in [1.82, 2.24) is 9.29 Å². The number of hydrogen-bond acceptors (Lipinski definition) is 5. The first-order chi connectivity index (χ1) is 17.5. The zero-order valence-corrected chi connectivity index (χ0v) is 21.8. The molecule has 1 heterocycles. The first-order valence-corrected chi connectivity index (χ1v) is 14.0. The summed E-state index contributed by atoms with van der Waals surface area (Å²) in [6.45, 7) is 4.29. The Kier molecular flexibility index (Phi) is 7.82. The van der Waals surface area contributed by atoms with Crippen molar-refractivity contribution in [2.75, 3.05) is 13.1 Å². The minimum atomic E-state index is -3.76. The summed E-state index contributed by atoms with van der Waals surface area (Å²) in [6, 6.07) is 5.94. The average Bonchev–Trinajstić information content (AvgIpc) is 3.66. The number of aromatic nitrogens is 1. The summed E-state index contributed by atoms with van der Waals surface area (Å²) >= 11 is 0. The number of carbonyl (C=O) groups is 1. The van der Waals surface area contributed by atoms with Gasteiger partial charge in [0.25, 0.3) is 0 Å². The Balaban J connectivity index is 1.71. The highest BCUT2D eigenvalue weighted by atomic mass is 32.2. The molecule has 1 fully saturated rings. The van der Waals surface area contributed by atoms with Crippen molar-refractivity contribution in [2.24, 2.45) is 5.73 Å². The van der Waals surface area contributed by atoms with Gasteiger partial charge in [0.2, 0.25) is 15.5 Å². The molecule has 4 N–H and O–H groups in total. The molecular formula is C27H32FN3O5S. The monoisotopic (exact) mass is 529 g/mol. The molecule has 1 aliphatic rings. The molecule has 0 spiro atoms. The summed E-state index contributed by atoms with van der Waals surface area (Å²) in [4.78, 5) is 24.5. The summed E-state index contributed by atoms with van der Waals surface area (Å²) in [5.41, 5.74) is 6.47. The van der Waals surface area contributed by atoms with E-state index in [9.17, 15) is 23.1 Å². The minimum Gasteiger partial charge on any atom is -0.477 e. The Morgan fingerprint density at radius 2 is 1.76 bits per heavy atom. The van der Waals surface area contributed by atoms with Gasteiger partial charge in [0.05, 0.1) is 10.4 Å². The second-order valence-corrected chi connectivity index (χ2v) is 11.4. The standard InChI is InChI=1S/C27H32FN3O5S/c1-16-11-18(12-17(2)26(16)37(35,36)30-10-6-4-3-5-9-29)20-14-24-21(13-23(20)28)25(32)22(27(33)34)15-31(24)19-7-8-19/h11-15,19,30H,3-10,29H2,1-2H3,(H,33,34). The number of rotatable bonds is 11. The number of aromatic carboxylic acids is 1. The molecule has 2 aromatic carbocycles. The number of benzene rings is 2. The first kappa shape index (κ1) is 27.0. The lowest BCUT2D eigenvalue weighted by Crippen LogP contribution is -2.26. The number of unbranched alkanes of at least 4 members (excludes halogenated alkanes) is 3. The zero-order valence-electron chi connectivity index (χ0n) is 21.0. The third-order valence-electron chi connectivity index (χ3n) is 6.75. The van der Waals surface area contributed by atoms with Crippen LogP contribution >= 0.6 is 0 Å². The third kappa shape index (κ3) is 5.61. The highest BCUT2D eigenvalue weighted by Gasteiger charge is 2.28. The molecule has 0 aliphatic heterocycles. The second-order valence-electron chi connectivity index (χ2n) is 9.70. The van der Waals surface area contributed by atoms with E-state index in [-0.39, 0.29) is 27.5 Å². The van der Waals surface area contributed by atoms with Gasteiger partial charge in [-0.25, -0.2) is 22.3 Å². The van der Waals surface area contributed by atoms with Crippen LogP contribution in [-0.4, -0.2) is 37.2 Å². The van der Waals surface area contributed by atoms with Gasteiger partial charge in [0.1, 0.15) is 11.4 Å². The summed E-state index contributed by atoms with van der Waals surface area (Å²) in [7, 11) is -3.76. The molecule has 3 aromatic rings. The van der Waals surface area contributed by atoms with Crippen molar-refractivity contribution in [3.63, 3.8) is 0 Å². The Morgan fingerprint density at radius 1 is 1.11 bits per heavy atom. The Hall–Kier alpha value is -3.08. The molecule has 8 nitrogen and oxygen atoms in total. The fourth-order valence-corrected chi connectivity index (χ4v) is 6.35. The highest BCUT2D eigenvalue weighted by molar-refractivity contribution is 7.89. The van der Waals surface area contributed by atoms with Crippen molar-refractivity contribution in [2.45, 2.75) is 63.3 Å². The maximum absolute atomic E-state index is 15.3. The van der Waals surface area contributed by atoms with Crippen LogP contribution in [0.5, 0.6) is 0 Å². The van der Waals surface area contributed by atoms with E-state index in [1.807, 2.05) is 0 Å². The van der Waals surface area contributed by atoms with Gasteiger partial charge in [-0.05, 0) is 87.0 Å². The number of pyridine rings is 1. The van der Waals surface area contributed by atoms with Crippen LogP contribution < -0.4 is 15.9 Å². The highest BCUT2D eigenvalue weighted by Crippen LogP contribution is 2.38. The van der Waals surface area contributed by atoms with Crippen LogP contribution in [0.2, 0.25) is 0 Å². The molecule has 0 atom stereocenters. The van der Waals surface area contributed by atoms with Gasteiger partial charge in [-0.15, -0.1) is 0 Å². The molecule has 0 amide bonds. The van der Waals surface area contributed by atoms with Crippen LogP contribution in [-0.2, 0) is 10.0 Å².